The van der Waals surface area contributed by atoms with E-state index < -0.39 is 0 Å². The highest BCUT2D eigenvalue weighted by atomic mass is 35.5. The van der Waals surface area contributed by atoms with E-state index in [9.17, 15) is 4.79 Å². The monoisotopic (exact) mass is 456 g/mol. The van der Waals surface area contributed by atoms with Crippen molar-refractivity contribution in [1.82, 2.24) is 14.4 Å². The molecule has 1 aliphatic heterocycles. The second-order valence-electron chi connectivity index (χ2n) is 7.45. The smallest absolute Gasteiger partial charge is 0.279 e. The zero-order valence-corrected chi connectivity index (χ0v) is 18.7. The standard InChI is InChI=1S/C22H21ClN4O3S/c1-13-19(26-10-4-3-7-17(26)24-13)21(28)27(12-14-6-5-11-30-14)22-25-18-16(29-2)9-8-15(23)20(18)31-22/h3-4,7-10,14H,5-6,11-12H2,1-2H3. The van der Waals surface area contributed by atoms with E-state index >= 15 is 0 Å². The Morgan fingerprint density at radius 2 is 2.23 bits per heavy atom. The molecule has 31 heavy (non-hydrogen) atoms. The first-order valence-electron chi connectivity index (χ1n) is 10.1. The highest BCUT2D eigenvalue weighted by Gasteiger charge is 2.30. The van der Waals surface area contributed by atoms with Gasteiger partial charge in [0.1, 0.15) is 22.6 Å². The summed E-state index contributed by atoms with van der Waals surface area (Å²) in [6, 6.07) is 9.25. The summed E-state index contributed by atoms with van der Waals surface area (Å²) in [4.78, 5) is 24.9. The highest BCUT2D eigenvalue weighted by Crippen LogP contribution is 2.39. The number of halogens is 1. The fourth-order valence-corrected chi connectivity index (χ4v) is 5.22. The Balaban J connectivity index is 1.63. The minimum atomic E-state index is -0.166. The number of fused-ring (bicyclic) bond motifs is 2. The third kappa shape index (κ3) is 3.54. The maximum absolute atomic E-state index is 13.9. The molecule has 1 aromatic carbocycles. The van der Waals surface area contributed by atoms with Crippen molar-refractivity contribution in [3.8, 4) is 5.75 Å². The van der Waals surface area contributed by atoms with Crippen LogP contribution in [0.4, 0.5) is 5.13 Å². The van der Waals surface area contributed by atoms with Gasteiger partial charge in [0.05, 0.1) is 35.2 Å². The molecule has 0 radical (unpaired) electrons. The summed E-state index contributed by atoms with van der Waals surface area (Å²) in [7, 11) is 1.60. The van der Waals surface area contributed by atoms with Gasteiger partial charge in [0.15, 0.2) is 5.13 Å². The van der Waals surface area contributed by atoms with E-state index in [-0.39, 0.29) is 12.0 Å². The Morgan fingerprint density at radius 3 is 3.00 bits per heavy atom. The molecule has 5 rings (SSSR count). The van der Waals surface area contributed by atoms with Crippen LogP contribution in [0.5, 0.6) is 5.75 Å². The number of aromatic nitrogens is 3. The highest BCUT2D eigenvalue weighted by molar-refractivity contribution is 7.23. The fourth-order valence-electron chi connectivity index (χ4n) is 3.96. The molecular weight excluding hydrogens is 436 g/mol. The first-order valence-corrected chi connectivity index (χ1v) is 11.3. The fraction of sp³-hybridized carbons (Fsp3) is 0.318. The normalized spacial score (nSPS) is 16.3. The topological polar surface area (TPSA) is 69.0 Å². The van der Waals surface area contributed by atoms with E-state index in [1.165, 1.54) is 11.3 Å². The molecule has 0 bridgehead atoms. The Hall–Kier alpha value is -2.68. The van der Waals surface area contributed by atoms with Crippen molar-refractivity contribution >= 4 is 49.8 Å². The molecule has 1 amide bonds. The summed E-state index contributed by atoms with van der Waals surface area (Å²) in [5.41, 5.74) is 2.57. The predicted molar refractivity (Wildman–Crippen MR) is 122 cm³/mol. The molecule has 4 heterocycles. The number of carbonyl (C=O) groups excluding carboxylic acids is 1. The van der Waals surface area contributed by atoms with Crippen molar-refractivity contribution in [2.45, 2.75) is 25.9 Å². The van der Waals surface area contributed by atoms with Gasteiger partial charge in [-0.3, -0.25) is 14.1 Å². The van der Waals surface area contributed by atoms with Gasteiger partial charge in [-0.2, -0.15) is 0 Å². The predicted octanol–water partition coefficient (Wildman–Crippen LogP) is 4.74. The molecule has 9 heteroatoms. The molecule has 3 aromatic heterocycles. The number of thiazole rings is 1. The molecule has 1 saturated heterocycles. The summed E-state index contributed by atoms with van der Waals surface area (Å²) in [5, 5.41) is 1.14. The lowest BCUT2D eigenvalue weighted by Crippen LogP contribution is -2.38. The minimum absolute atomic E-state index is 0.0344. The Bertz CT molecular complexity index is 1280. The van der Waals surface area contributed by atoms with E-state index in [4.69, 9.17) is 26.1 Å². The van der Waals surface area contributed by atoms with Crippen LogP contribution in [-0.4, -0.2) is 46.6 Å². The summed E-state index contributed by atoms with van der Waals surface area (Å²) < 4.78 is 13.9. The number of methoxy groups -OCH3 is 1. The second-order valence-corrected chi connectivity index (χ2v) is 8.83. The lowest BCUT2D eigenvalue weighted by atomic mass is 10.2. The number of benzene rings is 1. The van der Waals surface area contributed by atoms with E-state index in [0.29, 0.717) is 46.0 Å². The van der Waals surface area contributed by atoms with E-state index in [1.807, 2.05) is 35.7 Å². The number of nitrogens with zero attached hydrogens (tertiary/aromatic N) is 4. The molecule has 1 fully saturated rings. The quantitative estimate of drug-likeness (QED) is 0.434. The zero-order chi connectivity index (χ0) is 21.5. The maximum atomic E-state index is 13.9. The van der Waals surface area contributed by atoms with Crippen LogP contribution in [-0.2, 0) is 4.74 Å². The first-order chi connectivity index (χ1) is 15.1. The van der Waals surface area contributed by atoms with Crippen LogP contribution in [0.15, 0.2) is 36.5 Å². The summed E-state index contributed by atoms with van der Waals surface area (Å²) in [5.74, 6) is 0.457. The molecule has 0 aliphatic carbocycles. The maximum Gasteiger partial charge on any atom is 0.279 e. The molecule has 160 valence electrons. The van der Waals surface area contributed by atoms with Crippen LogP contribution in [0.3, 0.4) is 0 Å². The van der Waals surface area contributed by atoms with Crippen LogP contribution in [0.1, 0.15) is 29.0 Å². The molecule has 0 spiro atoms. The van der Waals surface area contributed by atoms with Crippen molar-refractivity contribution in [2.24, 2.45) is 0 Å². The molecule has 0 saturated carbocycles. The number of amides is 1. The number of hydrogen-bond acceptors (Lipinski definition) is 6. The first kappa shape index (κ1) is 20.2. The van der Waals surface area contributed by atoms with Gasteiger partial charge in [-0.1, -0.05) is 29.0 Å². The van der Waals surface area contributed by atoms with Crippen LogP contribution >= 0.6 is 22.9 Å². The Morgan fingerprint density at radius 1 is 1.35 bits per heavy atom. The largest absolute Gasteiger partial charge is 0.494 e. The number of anilines is 1. The molecular formula is C22H21ClN4O3S. The van der Waals surface area contributed by atoms with Crippen molar-refractivity contribution in [2.75, 3.05) is 25.2 Å². The van der Waals surface area contributed by atoms with Gasteiger partial charge in [-0.05, 0) is 44.0 Å². The van der Waals surface area contributed by atoms with Crippen molar-refractivity contribution in [1.29, 1.82) is 0 Å². The minimum Gasteiger partial charge on any atom is -0.494 e. The molecule has 7 nitrogen and oxygen atoms in total. The second kappa shape index (κ2) is 8.11. The lowest BCUT2D eigenvalue weighted by molar-refractivity contribution is 0.0912. The van der Waals surface area contributed by atoms with Gasteiger partial charge in [-0.25, -0.2) is 9.97 Å². The summed E-state index contributed by atoms with van der Waals surface area (Å²) in [6.45, 7) is 2.97. The van der Waals surface area contributed by atoms with Gasteiger partial charge in [0.25, 0.3) is 5.91 Å². The number of carbonyl (C=O) groups is 1. The molecule has 0 N–H and O–H groups in total. The molecule has 4 aromatic rings. The molecule has 1 aliphatic rings. The van der Waals surface area contributed by atoms with Crippen molar-refractivity contribution < 1.29 is 14.3 Å². The summed E-state index contributed by atoms with van der Waals surface area (Å²) in [6.07, 6.45) is 3.71. The van der Waals surface area contributed by atoms with E-state index in [2.05, 4.69) is 4.98 Å². The van der Waals surface area contributed by atoms with Gasteiger partial charge in [0.2, 0.25) is 0 Å². The number of ether oxygens (including phenoxy) is 2. The zero-order valence-electron chi connectivity index (χ0n) is 17.2. The SMILES string of the molecule is COc1ccc(Cl)c2sc(N(CC3CCCO3)C(=O)c3c(C)nc4ccccn34)nc12. The average molecular weight is 457 g/mol. The number of aryl methyl sites for hydroxylation is 1. The van der Waals surface area contributed by atoms with Crippen LogP contribution in [0, 0.1) is 6.92 Å². The van der Waals surface area contributed by atoms with Crippen LogP contribution in [0.2, 0.25) is 5.02 Å². The van der Waals surface area contributed by atoms with Gasteiger partial charge < -0.3 is 9.47 Å². The van der Waals surface area contributed by atoms with Crippen molar-refractivity contribution in [3.05, 3.63) is 52.9 Å². The third-order valence-electron chi connectivity index (χ3n) is 5.46. The Kier molecular flexibility index (Phi) is 5.29. The number of rotatable bonds is 5. The van der Waals surface area contributed by atoms with Crippen molar-refractivity contribution in [3.63, 3.8) is 0 Å². The summed E-state index contributed by atoms with van der Waals surface area (Å²) >= 11 is 7.81. The van der Waals surface area contributed by atoms with Crippen LogP contribution < -0.4 is 9.64 Å². The van der Waals surface area contributed by atoms with E-state index in [1.54, 1.807) is 24.1 Å². The average Bonchev–Trinajstić information content (AvgIpc) is 3.50. The lowest BCUT2D eigenvalue weighted by Gasteiger charge is -2.23. The van der Waals surface area contributed by atoms with E-state index in [0.717, 1.165) is 23.2 Å². The molecule has 1 atom stereocenters. The van der Waals surface area contributed by atoms with Gasteiger partial charge in [0, 0.05) is 12.8 Å². The third-order valence-corrected chi connectivity index (χ3v) is 7.00. The number of imidazole rings is 1. The van der Waals surface area contributed by atoms with Gasteiger partial charge >= 0.3 is 0 Å². The Labute approximate surface area is 188 Å². The molecule has 1 unspecified atom stereocenters. The number of pyridine rings is 1. The number of hydrogen-bond donors (Lipinski definition) is 0. The van der Waals surface area contributed by atoms with Gasteiger partial charge in [-0.15, -0.1) is 0 Å². The van der Waals surface area contributed by atoms with Crippen LogP contribution in [0.25, 0.3) is 15.9 Å².